The number of anilines is 1. The lowest BCUT2D eigenvalue weighted by atomic mass is 10.2. The minimum absolute atomic E-state index is 0.00533. The van der Waals surface area contributed by atoms with Crippen LogP contribution in [0.25, 0.3) is 0 Å². The lowest BCUT2D eigenvalue weighted by Crippen LogP contribution is -2.10. The lowest BCUT2D eigenvalue weighted by molar-refractivity contribution is -0.393. The van der Waals surface area contributed by atoms with Gasteiger partial charge in [0.1, 0.15) is 10.6 Å². The lowest BCUT2D eigenvalue weighted by Gasteiger charge is -2.11. The van der Waals surface area contributed by atoms with Crippen molar-refractivity contribution in [2.75, 3.05) is 12.5 Å². The van der Waals surface area contributed by atoms with Crippen LogP contribution in [0, 0.1) is 30.3 Å². The molecule has 0 amide bonds. The molecule has 3 rings (SSSR count). The fourth-order valence-corrected chi connectivity index (χ4v) is 3.73. The highest BCUT2D eigenvalue weighted by molar-refractivity contribution is 7.87. The number of methoxy groups -OCH3 is 1. The Balaban J connectivity index is 1.79. The molecule has 16 heteroatoms. The predicted molar refractivity (Wildman–Crippen MR) is 125 cm³/mol. The van der Waals surface area contributed by atoms with Gasteiger partial charge in [-0.2, -0.15) is 13.5 Å². The van der Waals surface area contributed by atoms with Gasteiger partial charge in [-0.15, -0.1) is 0 Å². The second-order valence-electron chi connectivity index (χ2n) is 6.78. The summed E-state index contributed by atoms with van der Waals surface area (Å²) < 4.78 is 35.3. The van der Waals surface area contributed by atoms with E-state index in [1.54, 1.807) is 0 Å². The summed E-state index contributed by atoms with van der Waals surface area (Å²) in [6.45, 7) is 0. The summed E-state index contributed by atoms with van der Waals surface area (Å²) in [5, 5.41) is 36.6. The number of non-ortho nitro benzene ring substituents is 2. The standard InChI is InChI=1S/C20H15N5O10S/c1-34-20-10-13(12-21-22-17-8-5-15(24(28)29)11-18(17)25(30)31)2-9-19(20)35-36(32,33)16-6-3-14(4-7-16)23(26)27/h2-12,22H,1H3/b21-12-. The largest absolute Gasteiger partial charge is 0.493 e. The average molecular weight is 517 g/mol. The molecule has 0 saturated heterocycles. The molecule has 186 valence electrons. The first-order valence-electron chi connectivity index (χ1n) is 9.60. The van der Waals surface area contributed by atoms with Gasteiger partial charge in [0.2, 0.25) is 0 Å². The number of hydrogen-bond acceptors (Lipinski definition) is 12. The van der Waals surface area contributed by atoms with Crippen LogP contribution in [0.3, 0.4) is 0 Å². The summed E-state index contributed by atoms with van der Waals surface area (Å²) in [6.07, 6.45) is 1.24. The number of rotatable bonds is 10. The molecule has 0 saturated carbocycles. The van der Waals surface area contributed by atoms with Crippen LogP contribution in [0.15, 0.2) is 70.7 Å². The molecule has 0 aliphatic rings. The molecule has 0 heterocycles. The molecular formula is C20H15N5O10S. The first-order chi connectivity index (χ1) is 17.0. The van der Waals surface area contributed by atoms with Crippen LogP contribution < -0.4 is 14.3 Å². The maximum atomic E-state index is 12.5. The number of nitro benzene ring substituents is 3. The smallest absolute Gasteiger partial charge is 0.339 e. The first-order valence-corrected chi connectivity index (χ1v) is 11.0. The molecule has 15 nitrogen and oxygen atoms in total. The minimum Gasteiger partial charge on any atom is -0.493 e. The number of hydrazone groups is 1. The van der Waals surface area contributed by atoms with Crippen LogP contribution in [-0.2, 0) is 10.1 Å². The van der Waals surface area contributed by atoms with Gasteiger partial charge in [0.05, 0.1) is 34.2 Å². The van der Waals surface area contributed by atoms with E-state index in [1.807, 2.05) is 0 Å². The van der Waals surface area contributed by atoms with Gasteiger partial charge in [-0.3, -0.25) is 35.8 Å². The van der Waals surface area contributed by atoms with Crippen molar-refractivity contribution in [2.45, 2.75) is 4.90 Å². The zero-order valence-corrected chi connectivity index (χ0v) is 18.9. The normalized spacial score (nSPS) is 11.1. The van der Waals surface area contributed by atoms with E-state index in [0.717, 1.165) is 42.5 Å². The number of nitrogens with one attached hydrogen (secondary N) is 1. The summed E-state index contributed by atoms with van der Waals surface area (Å²) in [6, 6.07) is 11.2. The van der Waals surface area contributed by atoms with Crippen LogP contribution >= 0.6 is 0 Å². The Morgan fingerprint density at radius 2 is 1.47 bits per heavy atom. The summed E-state index contributed by atoms with van der Waals surface area (Å²) in [7, 11) is -3.07. The Morgan fingerprint density at radius 1 is 0.833 bits per heavy atom. The highest BCUT2D eigenvalue weighted by atomic mass is 32.2. The number of nitrogens with zero attached hydrogens (tertiary/aromatic N) is 4. The molecule has 0 fully saturated rings. The molecule has 1 N–H and O–H groups in total. The Hall–Kier alpha value is -5.12. The highest BCUT2D eigenvalue weighted by Gasteiger charge is 2.21. The van der Waals surface area contributed by atoms with Gasteiger partial charge < -0.3 is 8.92 Å². The second-order valence-corrected chi connectivity index (χ2v) is 8.33. The molecule has 0 aliphatic carbocycles. The van der Waals surface area contributed by atoms with Crippen molar-refractivity contribution < 1.29 is 32.1 Å². The third kappa shape index (κ3) is 5.86. The third-order valence-corrected chi connectivity index (χ3v) is 5.76. The molecule has 0 aliphatic heterocycles. The molecule has 0 aromatic heterocycles. The maximum Gasteiger partial charge on any atom is 0.339 e. The summed E-state index contributed by atoms with van der Waals surface area (Å²) in [5.74, 6) is -0.169. The van der Waals surface area contributed by atoms with Crippen LogP contribution in [-0.4, -0.2) is 36.5 Å². The molecule has 0 spiro atoms. The molecular weight excluding hydrogens is 502 g/mol. The Bertz CT molecular complexity index is 1470. The Labute approximate surface area is 202 Å². The van der Waals surface area contributed by atoms with Crippen LogP contribution in [0.1, 0.15) is 5.56 Å². The fraction of sp³-hybridized carbons (Fsp3) is 0.0500. The van der Waals surface area contributed by atoms with Crippen LogP contribution in [0.5, 0.6) is 11.5 Å². The van der Waals surface area contributed by atoms with Gasteiger partial charge in [0.25, 0.3) is 11.4 Å². The Morgan fingerprint density at radius 3 is 2.06 bits per heavy atom. The van der Waals surface area contributed by atoms with Gasteiger partial charge in [0, 0.05) is 18.2 Å². The number of ether oxygens (including phenoxy) is 1. The van der Waals surface area contributed by atoms with E-state index < -0.39 is 36.3 Å². The van der Waals surface area contributed by atoms with Gasteiger partial charge in [-0.05, 0) is 42.0 Å². The topological polar surface area (TPSA) is 206 Å². The van der Waals surface area contributed by atoms with Gasteiger partial charge in [-0.1, -0.05) is 0 Å². The molecule has 0 bridgehead atoms. The van der Waals surface area contributed by atoms with E-state index in [1.165, 1.54) is 31.5 Å². The van der Waals surface area contributed by atoms with Gasteiger partial charge >= 0.3 is 15.8 Å². The molecule has 0 unspecified atom stereocenters. The quantitative estimate of drug-likeness (QED) is 0.178. The van der Waals surface area contributed by atoms with Gasteiger partial charge in [0.15, 0.2) is 11.5 Å². The molecule has 0 atom stereocenters. The number of benzene rings is 3. The van der Waals surface area contributed by atoms with Crippen molar-refractivity contribution in [3.63, 3.8) is 0 Å². The molecule has 36 heavy (non-hydrogen) atoms. The van der Waals surface area contributed by atoms with E-state index in [0.29, 0.717) is 5.56 Å². The van der Waals surface area contributed by atoms with Crippen molar-refractivity contribution in [2.24, 2.45) is 5.10 Å². The SMILES string of the molecule is COc1cc(/C=N\Nc2ccc([N+](=O)[O-])cc2[N+](=O)[O-])ccc1OS(=O)(=O)c1ccc([N+](=O)[O-])cc1. The third-order valence-electron chi connectivity index (χ3n) is 4.51. The number of nitro groups is 3. The highest BCUT2D eigenvalue weighted by Crippen LogP contribution is 2.31. The summed E-state index contributed by atoms with van der Waals surface area (Å²) in [5.41, 5.74) is 1.40. The van der Waals surface area contributed by atoms with Crippen LogP contribution in [0.4, 0.5) is 22.7 Å². The second kappa shape index (κ2) is 10.4. The van der Waals surface area contributed by atoms with Crippen LogP contribution in [0.2, 0.25) is 0 Å². The zero-order chi connectivity index (χ0) is 26.5. The minimum atomic E-state index is -4.34. The van der Waals surface area contributed by atoms with E-state index in [4.69, 9.17) is 8.92 Å². The average Bonchev–Trinajstić information content (AvgIpc) is 2.84. The zero-order valence-electron chi connectivity index (χ0n) is 18.1. The van der Waals surface area contributed by atoms with Gasteiger partial charge in [-0.25, -0.2) is 0 Å². The number of hydrogen-bond donors (Lipinski definition) is 1. The van der Waals surface area contributed by atoms with Crippen molar-refractivity contribution >= 4 is 39.1 Å². The van der Waals surface area contributed by atoms with Crippen molar-refractivity contribution in [1.29, 1.82) is 0 Å². The van der Waals surface area contributed by atoms with Crippen molar-refractivity contribution in [1.82, 2.24) is 0 Å². The Kier molecular flexibility index (Phi) is 7.39. The van der Waals surface area contributed by atoms with Crippen molar-refractivity contribution in [3.05, 3.63) is 96.6 Å². The molecule has 0 radical (unpaired) electrons. The summed E-state index contributed by atoms with van der Waals surface area (Å²) >= 11 is 0. The molecule has 3 aromatic carbocycles. The van der Waals surface area contributed by atoms with E-state index >= 15 is 0 Å². The van der Waals surface area contributed by atoms with E-state index in [-0.39, 0.29) is 27.8 Å². The van der Waals surface area contributed by atoms with E-state index in [2.05, 4.69) is 10.5 Å². The first kappa shape index (κ1) is 25.5. The fourth-order valence-electron chi connectivity index (χ4n) is 2.79. The predicted octanol–water partition coefficient (Wildman–Crippen LogP) is 3.63. The molecule has 3 aromatic rings. The summed E-state index contributed by atoms with van der Waals surface area (Å²) in [4.78, 5) is 30.2. The monoisotopic (exact) mass is 517 g/mol. The maximum absolute atomic E-state index is 12.5. The van der Waals surface area contributed by atoms with E-state index in [9.17, 15) is 38.8 Å². The van der Waals surface area contributed by atoms with Crippen molar-refractivity contribution in [3.8, 4) is 11.5 Å².